The average Bonchev–Trinajstić information content (AvgIpc) is 3.42. The average molecular weight is 505 g/mol. The third-order valence-corrected chi connectivity index (χ3v) is 5.90. The molecule has 0 atom stereocenters. The molecule has 0 amide bonds. The summed E-state index contributed by atoms with van der Waals surface area (Å²) in [5.74, 6) is -0.122. The SMILES string of the molecule is CCCc1c(OCCCn2ccc3ccc(OC(C)(C)C(=O)O)cc32)ccc2c(C(F)(F)F)noc12. The molecule has 4 aromatic rings. The highest BCUT2D eigenvalue weighted by atomic mass is 19.4. The van der Waals surface area contributed by atoms with Crippen molar-refractivity contribution in [3.05, 3.63) is 53.9 Å². The van der Waals surface area contributed by atoms with Gasteiger partial charge in [0, 0.05) is 24.4 Å². The van der Waals surface area contributed by atoms with Gasteiger partial charge in [0.2, 0.25) is 0 Å². The first-order valence-corrected chi connectivity index (χ1v) is 11.6. The van der Waals surface area contributed by atoms with Gasteiger partial charge in [-0.2, -0.15) is 13.2 Å². The van der Waals surface area contributed by atoms with Crippen molar-refractivity contribution in [3.63, 3.8) is 0 Å². The molecule has 192 valence electrons. The minimum absolute atomic E-state index is 0.0683. The zero-order valence-electron chi connectivity index (χ0n) is 20.2. The summed E-state index contributed by atoms with van der Waals surface area (Å²) in [6, 6.07) is 10.2. The Morgan fingerprint density at radius 2 is 1.94 bits per heavy atom. The zero-order valence-corrected chi connectivity index (χ0v) is 20.2. The van der Waals surface area contributed by atoms with Crippen molar-refractivity contribution < 1.29 is 37.1 Å². The second-order valence-electron chi connectivity index (χ2n) is 9.05. The molecule has 2 heterocycles. The standard InChI is InChI=1S/C26H27F3N2O5/c1-4-6-18-21(10-9-19-22(18)36-30-23(19)26(27,28)29)34-14-5-12-31-13-11-16-7-8-17(15-20(16)31)35-25(2,3)24(32)33/h7-11,13,15H,4-6,12,14H2,1-3H3,(H,32,33). The van der Waals surface area contributed by atoms with Crippen LogP contribution in [0.15, 0.2) is 47.1 Å². The van der Waals surface area contributed by atoms with E-state index in [0.717, 1.165) is 10.9 Å². The Kier molecular flexibility index (Phi) is 6.88. The number of aromatic nitrogens is 2. The highest BCUT2D eigenvalue weighted by Crippen LogP contribution is 2.38. The summed E-state index contributed by atoms with van der Waals surface area (Å²) in [7, 11) is 0. The molecule has 0 fully saturated rings. The van der Waals surface area contributed by atoms with Crippen LogP contribution in [-0.4, -0.2) is 33.0 Å². The van der Waals surface area contributed by atoms with E-state index >= 15 is 0 Å². The van der Waals surface area contributed by atoms with E-state index in [1.807, 2.05) is 29.8 Å². The van der Waals surface area contributed by atoms with Crippen LogP contribution in [0.25, 0.3) is 21.9 Å². The number of nitrogens with zero attached hydrogens (tertiary/aromatic N) is 2. The third kappa shape index (κ3) is 5.12. The molecule has 2 aromatic carbocycles. The third-order valence-electron chi connectivity index (χ3n) is 5.90. The van der Waals surface area contributed by atoms with Gasteiger partial charge in [0.15, 0.2) is 16.9 Å². The van der Waals surface area contributed by atoms with Crippen LogP contribution in [0.4, 0.5) is 13.2 Å². The van der Waals surface area contributed by atoms with Gasteiger partial charge in [-0.15, -0.1) is 0 Å². The van der Waals surface area contributed by atoms with Gasteiger partial charge in [-0.3, -0.25) is 0 Å². The van der Waals surface area contributed by atoms with Gasteiger partial charge in [-0.25, -0.2) is 4.79 Å². The topological polar surface area (TPSA) is 86.7 Å². The Bertz CT molecular complexity index is 1390. The predicted octanol–water partition coefficient (Wildman–Crippen LogP) is 6.46. The van der Waals surface area contributed by atoms with Crippen LogP contribution in [-0.2, 0) is 23.9 Å². The largest absolute Gasteiger partial charge is 0.493 e. The summed E-state index contributed by atoms with van der Waals surface area (Å²) < 4.78 is 58.3. The Hall–Kier alpha value is -3.69. The molecule has 10 heteroatoms. The van der Waals surface area contributed by atoms with E-state index in [4.69, 9.17) is 14.0 Å². The van der Waals surface area contributed by atoms with Gasteiger partial charge in [0.25, 0.3) is 0 Å². The number of fused-ring (bicyclic) bond motifs is 2. The van der Waals surface area contributed by atoms with Crippen molar-refractivity contribution in [1.82, 2.24) is 9.72 Å². The Labute approximate surface area is 205 Å². The number of carboxylic acid groups (broad SMARTS) is 1. The normalized spacial score (nSPS) is 12.4. The number of ether oxygens (including phenoxy) is 2. The summed E-state index contributed by atoms with van der Waals surface area (Å²) >= 11 is 0. The monoisotopic (exact) mass is 504 g/mol. The van der Waals surface area contributed by atoms with Gasteiger partial charge in [0.05, 0.1) is 17.5 Å². The van der Waals surface area contributed by atoms with Gasteiger partial charge in [-0.05, 0) is 62.4 Å². The van der Waals surface area contributed by atoms with Crippen molar-refractivity contribution in [1.29, 1.82) is 0 Å². The summed E-state index contributed by atoms with van der Waals surface area (Å²) in [6.45, 7) is 5.85. The molecule has 0 radical (unpaired) electrons. The lowest BCUT2D eigenvalue weighted by Crippen LogP contribution is -2.37. The summed E-state index contributed by atoms with van der Waals surface area (Å²) in [5, 5.41) is 13.5. The number of carbonyl (C=O) groups is 1. The van der Waals surface area contributed by atoms with Crippen molar-refractivity contribution in [3.8, 4) is 11.5 Å². The molecule has 0 bridgehead atoms. The van der Waals surface area contributed by atoms with E-state index in [9.17, 15) is 23.1 Å². The summed E-state index contributed by atoms with van der Waals surface area (Å²) in [5.41, 5.74) is -0.818. The first-order chi connectivity index (χ1) is 17.0. The Balaban J connectivity index is 1.46. The maximum Gasteiger partial charge on any atom is 0.437 e. The number of carboxylic acids is 1. The molecular formula is C26H27F3N2O5. The highest BCUT2D eigenvalue weighted by Gasteiger charge is 2.37. The van der Waals surface area contributed by atoms with E-state index in [1.54, 1.807) is 18.2 Å². The van der Waals surface area contributed by atoms with Crippen LogP contribution >= 0.6 is 0 Å². The van der Waals surface area contributed by atoms with Crippen LogP contribution in [0, 0.1) is 0 Å². The molecule has 7 nitrogen and oxygen atoms in total. The fourth-order valence-corrected chi connectivity index (χ4v) is 4.04. The van der Waals surface area contributed by atoms with Crippen molar-refractivity contribution in [2.75, 3.05) is 6.61 Å². The number of hydrogen-bond acceptors (Lipinski definition) is 5. The number of aliphatic carboxylic acids is 1. The lowest BCUT2D eigenvalue weighted by atomic mass is 10.0. The van der Waals surface area contributed by atoms with Crippen LogP contribution in [0.1, 0.15) is 44.9 Å². The van der Waals surface area contributed by atoms with Crippen molar-refractivity contribution in [2.45, 2.75) is 58.4 Å². The second kappa shape index (κ2) is 9.75. The molecule has 0 aliphatic rings. The fraction of sp³-hybridized carbons (Fsp3) is 0.385. The number of aryl methyl sites for hydroxylation is 2. The number of hydrogen-bond donors (Lipinski definition) is 1. The van der Waals surface area contributed by atoms with E-state index in [0.29, 0.717) is 49.5 Å². The van der Waals surface area contributed by atoms with Gasteiger partial charge in [-0.1, -0.05) is 18.5 Å². The molecule has 0 saturated heterocycles. The van der Waals surface area contributed by atoms with Crippen LogP contribution in [0.3, 0.4) is 0 Å². The lowest BCUT2D eigenvalue weighted by molar-refractivity contribution is -0.152. The number of rotatable bonds is 10. The number of benzene rings is 2. The highest BCUT2D eigenvalue weighted by molar-refractivity contribution is 5.85. The number of alkyl halides is 3. The van der Waals surface area contributed by atoms with Gasteiger partial charge in [0.1, 0.15) is 11.5 Å². The Morgan fingerprint density at radius 1 is 1.17 bits per heavy atom. The van der Waals surface area contributed by atoms with E-state index in [2.05, 4.69) is 5.16 Å². The lowest BCUT2D eigenvalue weighted by Gasteiger charge is -2.21. The molecule has 0 spiro atoms. The van der Waals surface area contributed by atoms with Crippen LogP contribution in [0.5, 0.6) is 11.5 Å². The minimum atomic E-state index is -4.59. The molecule has 36 heavy (non-hydrogen) atoms. The first kappa shape index (κ1) is 25.4. The van der Waals surface area contributed by atoms with Crippen molar-refractivity contribution >= 4 is 27.8 Å². The molecule has 0 aliphatic carbocycles. The smallest absolute Gasteiger partial charge is 0.437 e. The quantitative estimate of drug-likeness (QED) is 0.249. The molecular weight excluding hydrogens is 477 g/mol. The van der Waals surface area contributed by atoms with E-state index in [1.165, 1.54) is 19.9 Å². The molecule has 1 N–H and O–H groups in total. The minimum Gasteiger partial charge on any atom is -0.493 e. The molecule has 2 aromatic heterocycles. The first-order valence-electron chi connectivity index (χ1n) is 11.6. The van der Waals surface area contributed by atoms with E-state index in [-0.39, 0.29) is 11.0 Å². The maximum atomic E-state index is 13.2. The van der Waals surface area contributed by atoms with Crippen molar-refractivity contribution in [2.24, 2.45) is 0 Å². The summed E-state index contributed by atoms with van der Waals surface area (Å²) in [4.78, 5) is 11.4. The zero-order chi connectivity index (χ0) is 26.1. The van der Waals surface area contributed by atoms with Crippen LogP contribution in [0.2, 0.25) is 0 Å². The molecule has 4 rings (SSSR count). The fourth-order valence-electron chi connectivity index (χ4n) is 4.04. The van der Waals surface area contributed by atoms with Gasteiger partial charge < -0.3 is 23.7 Å². The van der Waals surface area contributed by atoms with Gasteiger partial charge >= 0.3 is 12.1 Å². The number of halogens is 3. The molecule has 0 saturated carbocycles. The maximum absolute atomic E-state index is 13.2. The summed E-state index contributed by atoms with van der Waals surface area (Å²) in [6.07, 6.45) is -0.834. The Morgan fingerprint density at radius 3 is 2.64 bits per heavy atom. The predicted molar refractivity (Wildman–Crippen MR) is 127 cm³/mol. The van der Waals surface area contributed by atoms with E-state index < -0.39 is 23.4 Å². The second-order valence-corrected chi connectivity index (χ2v) is 9.05. The molecule has 0 aliphatic heterocycles. The molecule has 0 unspecified atom stereocenters. The van der Waals surface area contributed by atoms with Crippen LogP contribution < -0.4 is 9.47 Å².